The molecule has 0 fully saturated rings. The van der Waals surface area contributed by atoms with Crippen LogP contribution in [-0.2, 0) is 14.3 Å². The van der Waals surface area contributed by atoms with Crippen molar-refractivity contribution >= 4 is 11.8 Å². The molecule has 0 heterocycles. The van der Waals surface area contributed by atoms with E-state index >= 15 is 0 Å². The molecule has 0 saturated heterocycles. The molecule has 0 aliphatic carbocycles. The van der Waals surface area contributed by atoms with Crippen molar-refractivity contribution in [2.24, 2.45) is 0 Å². The quantitative estimate of drug-likeness (QED) is 0.206. The Morgan fingerprint density at radius 1 is 0.696 bits per heavy atom. The number of unbranched alkanes of at least 4 members (excludes halogenated alkanes) is 10. The van der Waals surface area contributed by atoms with Crippen LogP contribution < -0.4 is 0 Å². The Hall–Kier alpha value is -1.12. The molecule has 23 heavy (non-hydrogen) atoms. The second-order valence-electron chi connectivity index (χ2n) is 6.36. The number of hydrogen-bond acceptors (Lipinski definition) is 3. The van der Waals surface area contributed by atoms with Gasteiger partial charge in [0.05, 0.1) is 7.11 Å². The Morgan fingerprint density at radius 2 is 1.13 bits per heavy atom. The Kier molecular flexibility index (Phi) is 16.4. The number of rotatable bonds is 16. The van der Waals surface area contributed by atoms with E-state index in [0.29, 0.717) is 12.2 Å². The van der Waals surface area contributed by atoms with E-state index in [0.717, 1.165) is 25.7 Å². The first-order valence-corrected chi connectivity index (χ1v) is 9.38. The summed E-state index contributed by atoms with van der Waals surface area (Å²) < 4.78 is 4.62. The zero-order chi connectivity index (χ0) is 17.2. The fourth-order valence-electron chi connectivity index (χ4n) is 2.57. The molecule has 0 radical (unpaired) electrons. The van der Waals surface area contributed by atoms with Gasteiger partial charge in [-0.2, -0.15) is 0 Å². The largest absolute Gasteiger partial charge is 0.469 e. The van der Waals surface area contributed by atoms with E-state index in [9.17, 15) is 9.59 Å². The lowest BCUT2D eigenvalue weighted by atomic mass is 10.1. The molecule has 0 saturated carbocycles. The summed E-state index contributed by atoms with van der Waals surface area (Å²) in [6.07, 6.45) is 20.2. The van der Waals surface area contributed by atoms with Crippen molar-refractivity contribution in [2.45, 2.75) is 96.8 Å². The average molecular weight is 325 g/mol. The van der Waals surface area contributed by atoms with Crippen molar-refractivity contribution in [3.8, 4) is 0 Å². The number of carbonyl (C=O) groups is 2. The highest BCUT2D eigenvalue weighted by atomic mass is 16.5. The number of carbonyl (C=O) groups excluding carboxylic acids is 2. The van der Waals surface area contributed by atoms with Crippen LogP contribution in [0.15, 0.2) is 12.2 Å². The maximum atomic E-state index is 10.9. The molecule has 0 aliphatic rings. The van der Waals surface area contributed by atoms with Gasteiger partial charge in [0.15, 0.2) is 0 Å². The first-order valence-electron chi connectivity index (χ1n) is 9.38. The molecule has 0 aromatic carbocycles. The molecule has 0 spiro atoms. The third kappa shape index (κ3) is 18.8. The lowest BCUT2D eigenvalue weighted by Gasteiger charge is -2.00. The van der Waals surface area contributed by atoms with Gasteiger partial charge in [-0.3, -0.25) is 4.79 Å². The third-order valence-electron chi connectivity index (χ3n) is 4.05. The molecule has 0 atom stereocenters. The Labute approximate surface area is 142 Å². The normalized spacial score (nSPS) is 11.0. The summed E-state index contributed by atoms with van der Waals surface area (Å²) >= 11 is 0. The van der Waals surface area contributed by atoms with Gasteiger partial charge in [0.2, 0.25) is 0 Å². The van der Waals surface area contributed by atoms with Crippen molar-refractivity contribution < 1.29 is 14.3 Å². The first-order chi connectivity index (χ1) is 11.2. The van der Waals surface area contributed by atoms with Gasteiger partial charge in [-0.15, -0.1) is 0 Å². The highest BCUT2D eigenvalue weighted by Gasteiger charge is 1.98. The smallest absolute Gasteiger partial charge is 0.305 e. The number of ketones is 1. The molecule has 0 aromatic heterocycles. The van der Waals surface area contributed by atoms with Crippen molar-refractivity contribution in [2.75, 3.05) is 7.11 Å². The van der Waals surface area contributed by atoms with E-state index in [1.54, 1.807) is 6.92 Å². The predicted octanol–water partition coefficient (Wildman–Crippen LogP) is 5.77. The van der Waals surface area contributed by atoms with Gasteiger partial charge in [0.1, 0.15) is 5.78 Å². The molecule has 134 valence electrons. The van der Waals surface area contributed by atoms with Crippen LogP contribution in [0, 0.1) is 0 Å². The number of methoxy groups -OCH3 is 1. The summed E-state index contributed by atoms with van der Waals surface area (Å²) in [5, 5.41) is 0. The Balaban J connectivity index is 3.14. The molecular weight excluding hydrogens is 288 g/mol. The Morgan fingerprint density at radius 3 is 1.61 bits per heavy atom. The van der Waals surface area contributed by atoms with Gasteiger partial charge >= 0.3 is 5.97 Å². The predicted molar refractivity (Wildman–Crippen MR) is 96.5 cm³/mol. The van der Waals surface area contributed by atoms with Gasteiger partial charge in [-0.05, 0) is 45.4 Å². The molecule has 0 aromatic rings. The first kappa shape index (κ1) is 21.9. The molecule has 0 bridgehead atoms. The molecule has 0 unspecified atom stereocenters. The van der Waals surface area contributed by atoms with Crippen molar-refractivity contribution in [1.82, 2.24) is 0 Å². The van der Waals surface area contributed by atoms with E-state index in [1.165, 1.54) is 64.9 Å². The van der Waals surface area contributed by atoms with Crippen LogP contribution in [0.4, 0.5) is 0 Å². The standard InChI is InChI=1S/C20H36O3/c1-19(21)17-15-13-11-9-7-5-3-4-6-8-10-12-14-16-18-20(22)23-2/h3-4H,5-18H2,1-2H3. The second kappa shape index (κ2) is 17.2. The van der Waals surface area contributed by atoms with Gasteiger partial charge in [-0.1, -0.05) is 50.7 Å². The van der Waals surface area contributed by atoms with E-state index in [4.69, 9.17) is 0 Å². The zero-order valence-corrected chi connectivity index (χ0v) is 15.3. The van der Waals surface area contributed by atoms with Gasteiger partial charge in [-0.25, -0.2) is 0 Å². The molecule has 0 amide bonds. The van der Waals surface area contributed by atoms with Crippen LogP contribution in [0.2, 0.25) is 0 Å². The van der Waals surface area contributed by atoms with Crippen LogP contribution in [0.25, 0.3) is 0 Å². The number of hydrogen-bond donors (Lipinski definition) is 0. The Bertz CT molecular complexity index is 321. The summed E-state index contributed by atoms with van der Waals surface area (Å²) in [5.74, 6) is 0.225. The van der Waals surface area contributed by atoms with E-state index in [1.807, 2.05) is 0 Å². The molecule has 3 nitrogen and oxygen atoms in total. The lowest BCUT2D eigenvalue weighted by molar-refractivity contribution is -0.140. The van der Waals surface area contributed by atoms with Gasteiger partial charge in [0.25, 0.3) is 0 Å². The molecule has 3 heteroatoms. The fraction of sp³-hybridized carbons (Fsp3) is 0.800. The topological polar surface area (TPSA) is 43.4 Å². The summed E-state index contributed by atoms with van der Waals surface area (Å²) in [4.78, 5) is 21.7. The van der Waals surface area contributed by atoms with Crippen molar-refractivity contribution in [3.05, 3.63) is 12.2 Å². The van der Waals surface area contributed by atoms with E-state index in [2.05, 4.69) is 16.9 Å². The summed E-state index contributed by atoms with van der Waals surface area (Å²) in [6.45, 7) is 1.67. The highest BCUT2D eigenvalue weighted by Crippen LogP contribution is 2.10. The van der Waals surface area contributed by atoms with Crippen LogP contribution >= 0.6 is 0 Å². The lowest BCUT2D eigenvalue weighted by Crippen LogP contribution is -1.98. The average Bonchev–Trinajstić information content (AvgIpc) is 2.53. The maximum Gasteiger partial charge on any atom is 0.305 e. The van der Waals surface area contributed by atoms with E-state index in [-0.39, 0.29) is 5.97 Å². The van der Waals surface area contributed by atoms with Gasteiger partial charge in [0, 0.05) is 12.8 Å². The number of Topliss-reactive ketones (excluding diaryl/α,β-unsaturated/α-hetero) is 1. The highest BCUT2D eigenvalue weighted by molar-refractivity contribution is 5.75. The number of ether oxygens (including phenoxy) is 1. The van der Waals surface area contributed by atoms with Crippen molar-refractivity contribution in [3.63, 3.8) is 0 Å². The number of esters is 1. The van der Waals surface area contributed by atoms with Crippen molar-refractivity contribution in [1.29, 1.82) is 0 Å². The summed E-state index contributed by atoms with van der Waals surface area (Å²) in [7, 11) is 1.45. The minimum atomic E-state index is -0.0909. The van der Waals surface area contributed by atoms with Crippen LogP contribution in [0.3, 0.4) is 0 Å². The minimum absolute atomic E-state index is 0.0909. The number of allylic oxidation sites excluding steroid dienone is 2. The van der Waals surface area contributed by atoms with Crippen LogP contribution in [0.5, 0.6) is 0 Å². The second-order valence-corrected chi connectivity index (χ2v) is 6.36. The zero-order valence-electron chi connectivity index (χ0n) is 15.3. The maximum absolute atomic E-state index is 10.9. The molecular formula is C20H36O3. The SMILES string of the molecule is COC(=O)CCCCCCCC=CCCCCCCCC(C)=O. The fourth-order valence-corrected chi connectivity index (χ4v) is 2.57. The summed E-state index contributed by atoms with van der Waals surface area (Å²) in [6, 6.07) is 0. The summed E-state index contributed by atoms with van der Waals surface area (Å²) in [5.41, 5.74) is 0. The van der Waals surface area contributed by atoms with Gasteiger partial charge < -0.3 is 9.53 Å². The molecule has 0 rings (SSSR count). The minimum Gasteiger partial charge on any atom is -0.469 e. The van der Waals surface area contributed by atoms with E-state index < -0.39 is 0 Å². The molecule has 0 aliphatic heterocycles. The third-order valence-corrected chi connectivity index (χ3v) is 4.05. The molecule has 0 N–H and O–H groups in total. The monoisotopic (exact) mass is 324 g/mol. The van der Waals surface area contributed by atoms with Crippen LogP contribution in [0.1, 0.15) is 96.8 Å². The van der Waals surface area contributed by atoms with Crippen LogP contribution in [-0.4, -0.2) is 18.9 Å².